The molecule has 2 heteroatoms. The smallest absolute Gasteiger partial charge is 0.122 e. The van der Waals surface area contributed by atoms with Gasteiger partial charge in [-0.15, -0.1) is 0 Å². The summed E-state index contributed by atoms with van der Waals surface area (Å²) >= 11 is 0. The molecule has 4 aromatic carbocycles. The summed E-state index contributed by atoms with van der Waals surface area (Å²) < 4.78 is 19.7. The summed E-state index contributed by atoms with van der Waals surface area (Å²) in [6.07, 6.45) is 16.1. The molecule has 0 bridgehead atoms. The average Bonchev–Trinajstić information content (AvgIpc) is 3.03. The highest BCUT2D eigenvalue weighted by Gasteiger charge is 2.29. The van der Waals surface area contributed by atoms with Gasteiger partial charge in [-0.25, -0.2) is 4.39 Å². The second-order valence-electron chi connectivity index (χ2n) is 11.7. The number of ether oxygens (including phenoxy) is 1. The number of allylic oxidation sites excluding steroid dienone is 6. The Morgan fingerprint density at radius 2 is 1.81 bits per heavy atom. The second-order valence-corrected chi connectivity index (χ2v) is 11.7. The van der Waals surface area contributed by atoms with Gasteiger partial charge in [0.2, 0.25) is 0 Å². The highest BCUT2D eigenvalue weighted by Crippen LogP contribution is 2.44. The maximum absolute atomic E-state index is 13.9. The number of halogens is 1. The third-order valence-electron chi connectivity index (χ3n) is 8.96. The van der Waals surface area contributed by atoms with E-state index in [1.165, 1.54) is 49.9 Å². The highest BCUT2D eigenvalue weighted by molar-refractivity contribution is 6.04. The molecule has 0 aliphatic heterocycles. The Bertz CT molecular complexity index is 1750. The Morgan fingerprint density at radius 3 is 2.53 bits per heavy atom. The average molecular weight is 571 g/mol. The van der Waals surface area contributed by atoms with Crippen molar-refractivity contribution in [1.29, 1.82) is 0 Å². The van der Waals surface area contributed by atoms with Crippen molar-refractivity contribution in [3.8, 4) is 16.9 Å². The third kappa shape index (κ3) is 5.76. The Balaban J connectivity index is 1.77. The molecule has 0 heterocycles. The first kappa shape index (κ1) is 30.3. The van der Waals surface area contributed by atoms with E-state index in [0.717, 1.165) is 41.5 Å². The van der Waals surface area contributed by atoms with Crippen molar-refractivity contribution in [3.63, 3.8) is 0 Å². The highest BCUT2D eigenvalue weighted by atomic mass is 19.1. The van der Waals surface area contributed by atoms with Crippen molar-refractivity contribution in [1.82, 2.24) is 0 Å². The molecule has 43 heavy (non-hydrogen) atoms. The zero-order valence-corrected chi connectivity index (χ0v) is 26.3. The zero-order valence-electron chi connectivity index (χ0n) is 26.3. The van der Waals surface area contributed by atoms with Gasteiger partial charge in [0.05, 0.1) is 6.61 Å². The Labute approximate surface area is 257 Å². The van der Waals surface area contributed by atoms with Crippen LogP contribution in [0.4, 0.5) is 4.39 Å². The molecule has 1 aliphatic rings. The molecule has 0 amide bonds. The molecule has 0 radical (unpaired) electrons. The molecule has 0 fully saturated rings. The summed E-state index contributed by atoms with van der Waals surface area (Å²) in [5.74, 6) is 0.918. The lowest BCUT2D eigenvalue weighted by atomic mass is 9.73. The predicted molar refractivity (Wildman–Crippen MR) is 183 cm³/mol. The molecule has 5 rings (SSSR count). The van der Waals surface area contributed by atoms with Crippen molar-refractivity contribution in [2.75, 3.05) is 6.61 Å². The SMILES string of the molecule is C=C/C=C(\C=C/CC)C(C)(/C=C\c1c2c(c3cc(CF)ccc3c1C)-c1ccccc1CC2)c1ccc(OCC)c(C)c1. The fourth-order valence-electron chi connectivity index (χ4n) is 6.58. The molecule has 0 saturated carbocycles. The van der Waals surface area contributed by atoms with Crippen LogP contribution in [0.5, 0.6) is 5.75 Å². The number of fused-ring (bicyclic) bond motifs is 5. The van der Waals surface area contributed by atoms with Crippen LogP contribution in [0.2, 0.25) is 0 Å². The molecule has 0 spiro atoms. The lowest BCUT2D eigenvalue weighted by molar-refractivity contribution is 0.337. The van der Waals surface area contributed by atoms with Crippen LogP contribution in [0.1, 0.15) is 66.1 Å². The van der Waals surface area contributed by atoms with Gasteiger partial charge < -0.3 is 4.74 Å². The van der Waals surface area contributed by atoms with Gasteiger partial charge >= 0.3 is 0 Å². The van der Waals surface area contributed by atoms with Crippen molar-refractivity contribution < 1.29 is 9.13 Å². The van der Waals surface area contributed by atoms with E-state index >= 15 is 0 Å². The van der Waals surface area contributed by atoms with E-state index in [1.54, 1.807) is 0 Å². The molecule has 1 aliphatic carbocycles. The first-order valence-corrected chi connectivity index (χ1v) is 15.5. The fraction of sp³-hybridized carbons (Fsp3) is 0.268. The van der Waals surface area contributed by atoms with Crippen LogP contribution in [0, 0.1) is 13.8 Å². The first-order chi connectivity index (χ1) is 20.9. The number of alkyl halides is 1. The molecule has 0 saturated heterocycles. The van der Waals surface area contributed by atoms with Crippen LogP contribution in [-0.4, -0.2) is 6.61 Å². The Kier molecular flexibility index (Phi) is 9.16. The number of rotatable bonds is 10. The van der Waals surface area contributed by atoms with Crippen LogP contribution >= 0.6 is 0 Å². The first-order valence-electron chi connectivity index (χ1n) is 15.5. The molecule has 4 aromatic rings. The van der Waals surface area contributed by atoms with Crippen molar-refractivity contribution in [3.05, 3.63) is 142 Å². The van der Waals surface area contributed by atoms with Crippen LogP contribution < -0.4 is 4.74 Å². The molecule has 1 unspecified atom stereocenters. The van der Waals surface area contributed by atoms with E-state index in [4.69, 9.17) is 4.74 Å². The van der Waals surface area contributed by atoms with E-state index in [-0.39, 0.29) is 0 Å². The van der Waals surface area contributed by atoms with Crippen molar-refractivity contribution in [2.24, 2.45) is 0 Å². The molecular formula is C41H43FO. The summed E-state index contributed by atoms with van der Waals surface area (Å²) in [7, 11) is 0. The fourth-order valence-corrected chi connectivity index (χ4v) is 6.58. The summed E-state index contributed by atoms with van der Waals surface area (Å²) in [4.78, 5) is 0. The van der Waals surface area contributed by atoms with Gasteiger partial charge in [0, 0.05) is 5.41 Å². The quantitative estimate of drug-likeness (QED) is 0.172. The minimum atomic E-state index is -0.462. The normalized spacial score (nSPS) is 14.6. The van der Waals surface area contributed by atoms with Crippen LogP contribution in [0.25, 0.3) is 28.0 Å². The Morgan fingerprint density at radius 1 is 1.00 bits per heavy atom. The van der Waals surface area contributed by atoms with Gasteiger partial charge in [-0.3, -0.25) is 0 Å². The number of benzene rings is 4. The van der Waals surface area contributed by atoms with Gasteiger partial charge in [-0.2, -0.15) is 0 Å². The topological polar surface area (TPSA) is 9.23 Å². The van der Waals surface area contributed by atoms with Gasteiger partial charge in [0.25, 0.3) is 0 Å². The minimum absolute atomic E-state index is 0.422. The van der Waals surface area contributed by atoms with E-state index in [1.807, 2.05) is 19.1 Å². The minimum Gasteiger partial charge on any atom is -0.494 e. The van der Waals surface area contributed by atoms with Gasteiger partial charge in [0.15, 0.2) is 0 Å². The number of hydrogen-bond donors (Lipinski definition) is 0. The number of aryl methyl sites for hydroxylation is 3. The van der Waals surface area contributed by atoms with Gasteiger partial charge in [-0.05, 0) is 126 Å². The molecule has 1 nitrogen and oxygen atoms in total. The van der Waals surface area contributed by atoms with Crippen molar-refractivity contribution in [2.45, 2.75) is 66.0 Å². The molecule has 0 aromatic heterocycles. The third-order valence-corrected chi connectivity index (χ3v) is 8.96. The van der Waals surface area contributed by atoms with Crippen LogP contribution in [0.3, 0.4) is 0 Å². The largest absolute Gasteiger partial charge is 0.494 e. The molecule has 1 atom stereocenters. The summed E-state index contributed by atoms with van der Waals surface area (Å²) in [5.41, 5.74) is 11.5. The predicted octanol–water partition coefficient (Wildman–Crippen LogP) is 11.1. The van der Waals surface area contributed by atoms with E-state index < -0.39 is 12.1 Å². The van der Waals surface area contributed by atoms with Crippen molar-refractivity contribution >= 4 is 16.8 Å². The molecule has 0 N–H and O–H groups in total. The standard InChI is InChI=1S/C41H43FO/c1-7-10-15-32(13-8-2)41(6,33-19-22-39(43-9-3)28(4)25-33)24-23-35-29(5)34-20-17-30(27-42)26-38(34)40-36-16-12-11-14-31(36)18-21-37(35)40/h8,10-17,19-20,22-26H,2,7,9,18,21,27H2,1,3-6H3/b15-10-,24-23-,32-13+. The Hall–Kier alpha value is -4.17. The maximum atomic E-state index is 13.9. The lowest BCUT2D eigenvalue weighted by Gasteiger charge is -2.30. The number of hydrogen-bond acceptors (Lipinski definition) is 1. The summed E-state index contributed by atoms with van der Waals surface area (Å²) in [6.45, 7) is 15.0. The molecular weight excluding hydrogens is 527 g/mol. The zero-order chi connectivity index (χ0) is 30.6. The lowest BCUT2D eigenvalue weighted by Crippen LogP contribution is -2.22. The van der Waals surface area contributed by atoms with E-state index in [0.29, 0.717) is 6.61 Å². The molecule has 220 valence electrons. The summed E-state index contributed by atoms with van der Waals surface area (Å²) in [5, 5.41) is 2.33. The van der Waals surface area contributed by atoms with Gasteiger partial charge in [0.1, 0.15) is 12.4 Å². The summed E-state index contributed by atoms with van der Waals surface area (Å²) in [6, 6.07) is 21.3. The maximum Gasteiger partial charge on any atom is 0.122 e. The van der Waals surface area contributed by atoms with Crippen LogP contribution in [0.15, 0.2) is 103 Å². The monoisotopic (exact) mass is 570 g/mol. The van der Waals surface area contributed by atoms with E-state index in [2.05, 4.69) is 119 Å². The second kappa shape index (κ2) is 13.0. The van der Waals surface area contributed by atoms with Crippen LogP contribution in [-0.2, 0) is 24.9 Å². The van der Waals surface area contributed by atoms with E-state index in [9.17, 15) is 4.39 Å². The van der Waals surface area contributed by atoms with Gasteiger partial charge in [-0.1, -0.05) is 98.5 Å².